The summed E-state index contributed by atoms with van der Waals surface area (Å²) in [6.45, 7) is 3.69. The van der Waals surface area contributed by atoms with Crippen LogP contribution in [0.4, 0.5) is 0 Å². The third-order valence-corrected chi connectivity index (χ3v) is 3.11. The van der Waals surface area contributed by atoms with E-state index in [2.05, 4.69) is 35.0 Å². The molecular weight excluding hydrogens is 260 g/mol. The van der Waals surface area contributed by atoms with Crippen LogP contribution < -0.4 is 0 Å². The Balaban J connectivity index is 3.32. The summed E-state index contributed by atoms with van der Waals surface area (Å²) in [7, 11) is 1.44. The number of unbranched alkanes of at least 4 members (excludes halogenated alkanes) is 8. The maximum Gasteiger partial charge on any atom is 0.305 e. The molecule has 0 atom stereocenters. The molecule has 0 heterocycles. The molecule has 0 saturated heterocycles. The number of esters is 1. The number of hydrogen-bond donors (Lipinski definition) is 0. The van der Waals surface area contributed by atoms with Crippen molar-refractivity contribution in [2.45, 2.75) is 70.6 Å². The average Bonchev–Trinajstić information content (AvgIpc) is 2.50. The summed E-state index contributed by atoms with van der Waals surface area (Å²) in [5.41, 5.74) is 0. The Bertz CT molecular complexity index is 387. The summed E-state index contributed by atoms with van der Waals surface area (Å²) in [6.07, 6.45) is 13.2. The van der Waals surface area contributed by atoms with Crippen molar-refractivity contribution >= 4 is 5.97 Å². The predicted octanol–water partition coefficient (Wildman–Crippen LogP) is 4.64. The quantitative estimate of drug-likeness (QED) is 0.239. The highest BCUT2D eigenvalue weighted by Gasteiger charge is 1.98. The number of allylic oxidation sites excluding steroid dienone is 1. The van der Waals surface area contributed by atoms with Gasteiger partial charge in [0.25, 0.3) is 0 Å². The van der Waals surface area contributed by atoms with E-state index in [-0.39, 0.29) is 5.97 Å². The molecule has 0 aliphatic heterocycles. The molecule has 116 valence electrons. The van der Waals surface area contributed by atoms with Crippen molar-refractivity contribution < 1.29 is 9.53 Å². The fourth-order valence-electron chi connectivity index (χ4n) is 1.83. The average molecular weight is 288 g/mol. The van der Waals surface area contributed by atoms with Crippen LogP contribution in [-0.2, 0) is 9.53 Å². The number of ether oxygens (including phenoxy) is 1. The van der Waals surface area contributed by atoms with Crippen LogP contribution in [0.2, 0.25) is 0 Å². The fraction of sp³-hybridized carbons (Fsp3) is 0.632. The summed E-state index contributed by atoms with van der Waals surface area (Å²) >= 11 is 0. The van der Waals surface area contributed by atoms with Gasteiger partial charge in [0.05, 0.1) is 7.11 Å². The van der Waals surface area contributed by atoms with Crippen molar-refractivity contribution in [3.05, 3.63) is 12.7 Å². The highest BCUT2D eigenvalue weighted by Crippen LogP contribution is 2.07. The molecule has 2 nitrogen and oxygen atoms in total. The molecule has 21 heavy (non-hydrogen) atoms. The maximum absolute atomic E-state index is 10.9. The van der Waals surface area contributed by atoms with Crippen molar-refractivity contribution in [2.75, 3.05) is 7.11 Å². The molecule has 0 aliphatic rings. The van der Waals surface area contributed by atoms with E-state index >= 15 is 0 Å². The van der Waals surface area contributed by atoms with E-state index in [4.69, 9.17) is 0 Å². The van der Waals surface area contributed by atoms with Crippen LogP contribution in [0.15, 0.2) is 12.7 Å². The molecule has 0 aromatic rings. The minimum Gasteiger partial charge on any atom is -0.469 e. The van der Waals surface area contributed by atoms with Crippen molar-refractivity contribution in [2.24, 2.45) is 0 Å². The molecule has 0 bridgehead atoms. The number of methoxy groups -OCH3 is 1. The van der Waals surface area contributed by atoms with Crippen LogP contribution in [0.3, 0.4) is 0 Å². The monoisotopic (exact) mass is 288 g/mol. The van der Waals surface area contributed by atoms with Gasteiger partial charge in [0, 0.05) is 19.3 Å². The molecule has 0 saturated carbocycles. The third kappa shape index (κ3) is 16.3. The molecule has 0 amide bonds. The Labute approximate surface area is 130 Å². The zero-order chi connectivity index (χ0) is 15.6. The van der Waals surface area contributed by atoms with Gasteiger partial charge in [-0.15, -0.1) is 6.58 Å². The van der Waals surface area contributed by atoms with Crippen LogP contribution in [0.1, 0.15) is 70.6 Å². The Kier molecular flexibility index (Phi) is 15.1. The van der Waals surface area contributed by atoms with Gasteiger partial charge in [-0.1, -0.05) is 37.2 Å². The van der Waals surface area contributed by atoms with Crippen LogP contribution in [0.5, 0.6) is 0 Å². The minimum atomic E-state index is -0.107. The van der Waals surface area contributed by atoms with Crippen LogP contribution in [0.25, 0.3) is 0 Å². The standard InChI is InChI=1S/C19H28O2/c1-3-4-5-6-7-8-9-10-11-12-13-14-15-16-17-18-19(20)21-2/h3H,1,4-7,12-18H2,2H3. The first kappa shape index (κ1) is 19.3. The Hall–Kier alpha value is -1.67. The molecule has 0 aliphatic carbocycles. The molecule has 0 N–H and O–H groups in total. The molecule has 0 unspecified atom stereocenters. The number of carbonyl (C=O) groups excluding carboxylic acids is 1. The molecule has 0 radical (unpaired) electrons. The first-order valence-electron chi connectivity index (χ1n) is 7.94. The van der Waals surface area contributed by atoms with E-state index < -0.39 is 0 Å². The van der Waals surface area contributed by atoms with E-state index in [1.165, 1.54) is 20.0 Å². The molecule has 0 aromatic heterocycles. The zero-order valence-electron chi connectivity index (χ0n) is 13.4. The van der Waals surface area contributed by atoms with Crippen LogP contribution in [-0.4, -0.2) is 13.1 Å². The topological polar surface area (TPSA) is 26.3 Å². The Morgan fingerprint density at radius 2 is 1.52 bits per heavy atom. The van der Waals surface area contributed by atoms with E-state index in [1.807, 2.05) is 6.08 Å². The summed E-state index contributed by atoms with van der Waals surface area (Å²) in [4.78, 5) is 10.9. The first-order chi connectivity index (χ1) is 10.3. The van der Waals surface area contributed by atoms with Crippen LogP contribution in [0, 0.1) is 23.7 Å². The first-order valence-corrected chi connectivity index (χ1v) is 7.94. The van der Waals surface area contributed by atoms with Crippen molar-refractivity contribution in [1.29, 1.82) is 0 Å². The SMILES string of the molecule is C=CCCCCC#CC#CCCCCCCCC(=O)OC. The van der Waals surface area contributed by atoms with Gasteiger partial charge in [0.1, 0.15) is 0 Å². The lowest BCUT2D eigenvalue weighted by atomic mass is 10.1. The molecule has 0 aromatic carbocycles. The molecule has 2 heteroatoms. The van der Waals surface area contributed by atoms with E-state index in [1.54, 1.807) is 0 Å². The lowest BCUT2D eigenvalue weighted by Crippen LogP contribution is -1.99. The number of carbonyl (C=O) groups is 1. The van der Waals surface area contributed by atoms with Crippen LogP contribution >= 0.6 is 0 Å². The van der Waals surface area contributed by atoms with Gasteiger partial charge < -0.3 is 4.74 Å². The van der Waals surface area contributed by atoms with Crippen molar-refractivity contribution in [3.8, 4) is 23.7 Å². The van der Waals surface area contributed by atoms with E-state index in [0.717, 1.165) is 51.4 Å². The highest BCUT2D eigenvalue weighted by atomic mass is 16.5. The van der Waals surface area contributed by atoms with Crippen molar-refractivity contribution in [3.63, 3.8) is 0 Å². The second-order valence-electron chi connectivity index (χ2n) is 4.98. The number of rotatable bonds is 11. The van der Waals surface area contributed by atoms with Gasteiger partial charge in [0.2, 0.25) is 0 Å². The maximum atomic E-state index is 10.9. The van der Waals surface area contributed by atoms with Gasteiger partial charge in [-0.25, -0.2) is 0 Å². The highest BCUT2D eigenvalue weighted by molar-refractivity contribution is 5.68. The largest absolute Gasteiger partial charge is 0.469 e. The Morgan fingerprint density at radius 1 is 0.952 bits per heavy atom. The number of hydrogen-bond acceptors (Lipinski definition) is 2. The lowest BCUT2D eigenvalue weighted by molar-refractivity contribution is -0.140. The minimum absolute atomic E-state index is 0.107. The zero-order valence-corrected chi connectivity index (χ0v) is 13.4. The Morgan fingerprint density at radius 3 is 2.14 bits per heavy atom. The van der Waals surface area contributed by atoms with Gasteiger partial charge in [-0.3, -0.25) is 4.79 Å². The molecule has 0 spiro atoms. The van der Waals surface area contributed by atoms with Gasteiger partial charge >= 0.3 is 5.97 Å². The van der Waals surface area contributed by atoms with Gasteiger partial charge in [-0.2, -0.15) is 0 Å². The van der Waals surface area contributed by atoms with Gasteiger partial charge in [0.15, 0.2) is 0 Å². The van der Waals surface area contributed by atoms with Gasteiger partial charge in [-0.05, 0) is 43.9 Å². The normalized spacial score (nSPS) is 9.00. The van der Waals surface area contributed by atoms with E-state index in [0.29, 0.717) is 6.42 Å². The molecule has 0 rings (SSSR count). The lowest BCUT2D eigenvalue weighted by Gasteiger charge is -1.99. The fourth-order valence-corrected chi connectivity index (χ4v) is 1.83. The molecule has 0 fully saturated rings. The second-order valence-corrected chi connectivity index (χ2v) is 4.98. The summed E-state index contributed by atoms with van der Waals surface area (Å²) in [5, 5.41) is 0. The summed E-state index contributed by atoms with van der Waals surface area (Å²) in [5.74, 6) is 11.9. The summed E-state index contributed by atoms with van der Waals surface area (Å²) in [6, 6.07) is 0. The van der Waals surface area contributed by atoms with Crippen molar-refractivity contribution in [1.82, 2.24) is 0 Å². The molecular formula is C19H28O2. The van der Waals surface area contributed by atoms with E-state index in [9.17, 15) is 4.79 Å². The predicted molar refractivity (Wildman–Crippen MR) is 88.6 cm³/mol. The smallest absolute Gasteiger partial charge is 0.305 e. The third-order valence-electron chi connectivity index (χ3n) is 3.11. The second kappa shape index (κ2) is 16.4. The summed E-state index contributed by atoms with van der Waals surface area (Å²) < 4.78 is 4.59.